The van der Waals surface area contributed by atoms with E-state index in [-0.39, 0.29) is 23.1 Å². The van der Waals surface area contributed by atoms with E-state index >= 15 is 0 Å². The summed E-state index contributed by atoms with van der Waals surface area (Å²) in [6, 6.07) is 0. The van der Waals surface area contributed by atoms with Crippen molar-refractivity contribution in [3.8, 4) is 0 Å². The Labute approximate surface area is 124 Å². The Morgan fingerprint density at radius 3 is 2.71 bits per heavy atom. The van der Waals surface area contributed by atoms with Gasteiger partial charge in [0, 0.05) is 19.6 Å². The summed E-state index contributed by atoms with van der Waals surface area (Å²) < 4.78 is 5.49. The molecule has 21 heavy (non-hydrogen) atoms. The molecule has 0 bridgehead atoms. The number of rotatable bonds is 6. The van der Waals surface area contributed by atoms with Gasteiger partial charge in [-0.1, -0.05) is 13.8 Å². The Hall–Kier alpha value is -1.73. The van der Waals surface area contributed by atoms with Gasteiger partial charge < -0.3 is 15.5 Å². The third-order valence-corrected chi connectivity index (χ3v) is 3.96. The fourth-order valence-corrected chi connectivity index (χ4v) is 2.30. The predicted molar refractivity (Wildman–Crippen MR) is 79.9 cm³/mol. The van der Waals surface area contributed by atoms with Crippen LogP contribution in [0.3, 0.4) is 0 Å². The molecule has 0 unspecified atom stereocenters. The number of hydrogen-bond donors (Lipinski definition) is 3. The van der Waals surface area contributed by atoms with E-state index in [9.17, 15) is 4.79 Å². The minimum Gasteiger partial charge on any atom is -0.376 e. The van der Waals surface area contributed by atoms with E-state index in [0.717, 1.165) is 19.3 Å². The molecule has 2 rings (SSSR count). The summed E-state index contributed by atoms with van der Waals surface area (Å²) in [4.78, 5) is 20.8. The van der Waals surface area contributed by atoms with Gasteiger partial charge in [-0.3, -0.25) is 10.6 Å². The van der Waals surface area contributed by atoms with Gasteiger partial charge in [0.2, 0.25) is 0 Å². The normalized spacial score (nSPS) is 16.4. The van der Waals surface area contributed by atoms with Crippen molar-refractivity contribution < 1.29 is 9.53 Å². The molecule has 1 amide bonds. The summed E-state index contributed by atoms with van der Waals surface area (Å²) >= 11 is 0. The Morgan fingerprint density at radius 1 is 1.52 bits per heavy atom. The zero-order valence-corrected chi connectivity index (χ0v) is 12.8. The lowest BCUT2D eigenvalue weighted by Crippen LogP contribution is -2.49. The fraction of sp³-hybridized carbons (Fsp3) is 0.643. The molecule has 0 atom stereocenters. The third kappa shape index (κ3) is 3.30. The second-order valence-electron chi connectivity index (χ2n) is 5.71. The van der Waals surface area contributed by atoms with Crippen molar-refractivity contribution in [3.05, 3.63) is 17.7 Å². The highest BCUT2D eigenvalue weighted by atomic mass is 16.5. The largest absolute Gasteiger partial charge is 0.376 e. The number of carbonyl (C=O) groups excluding carboxylic acids is 1. The molecule has 1 aromatic heterocycles. The first-order valence-corrected chi connectivity index (χ1v) is 7.18. The summed E-state index contributed by atoms with van der Waals surface area (Å²) in [5.74, 6) is 5.91. The maximum atomic E-state index is 12.3. The lowest BCUT2D eigenvalue weighted by atomic mass is 9.80. The topological polar surface area (TPSA) is 102 Å². The maximum absolute atomic E-state index is 12.3. The molecule has 0 aliphatic heterocycles. The molecular weight excluding hydrogens is 270 g/mol. The Balaban J connectivity index is 2.12. The number of carbonyl (C=O) groups is 1. The number of nitrogens with one attached hydrogen (secondary N) is 2. The Morgan fingerprint density at radius 2 is 2.24 bits per heavy atom. The molecule has 7 nitrogen and oxygen atoms in total. The summed E-state index contributed by atoms with van der Waals surface area (Å²) in [5, 5.41) is 2.88. The molecular formula is C14H23N5O2. The maximum Gasteiger partial charge on any atom is 0.272 e. The van der Waals surface area contributed by atoms with Gasteiger partial charge in [-0.25, -0.2) is 9.97 Å². The van der Waals surface area contributed by atoms with Crippen molar-refractivity contribution in [3.63, 3.8) is 0 Å². The van der Waals surface area contributed by atoms with Crippen molar-refractivity contribution in [2.75, 3.05) is 19.1 Å². The number of amides is 1. The minimum atomic E-state index is -0.268. The molecule has 1 aromatic rings. The van der Waals surface area contributed by atoms with Gasteiger partial charge in [0.05, 0.1) is 17.5 Å². The van der Waals surface area contributed by atoms with E-state index in [2.05, 4.69) is 20.7 Å². The molecule has 0 spiro atoms. The highest BCUT2D eigenvalue weighted by Gasteiger charge is 2.37. The standard InChI is InChI=1S/C14H23N5O2/c1-9(2)12-16-7-10(19-15)11(18-12)13(20)17-8-14(21-3)5-4-6-14/h7,9,19H,4-6,8,15H2,1-3H3,(H,17,20). The average molecular weight is 293 g/mol. The van der Waals surface area contributed by atoms with Crippen LogP contribution in [-0.4, -0.2) is 35.1 Å². The predicted octanol–water partition coefficient (Wildman–Crippen LogP) is 1.18. The van der Waals surface area contributed by atoms with Crippen LogP contribution in [0.15, 0.2) is 6.20 Å². The van der Waals surface area contributed by atoms with Crippen molar-refractivity contribution >= 4 is 11.6 Å². The van der Waals surface area contributed by atoms with Crippen molar-refractivity contribution in [1.82, 2.24) is 15.3 Å². The van der Waals surface area contributed by atoms with Crippen LogP contribution in [0.25, 0.3) is 0 Å². The molecule has 0 radical (unpaired) electrons. The van der Waals surface area contributed by atoms with Crippen LogP contribution < -0.4 is 16.6 Å². The second kappa shape index (κ2) is 6.36. The Kier molecular flexibility index (Phi) is 4.74. The zero-order chi connectivity index (χ0) is 15.5. The summed E-state index contributed by atoms with van der Waals surface area (Å²) in [6.07, 6.45) is 4.59. The lowest BCUT2D eigenvalue weighted by molar-refractivity contribution is -0.0679. The van der Waals surface area contributed by atoms with Crippen molar-refractivity contribution in [2.45, 2.75) is 44.6 Å². The van der Waals surface area contributed by atoms with E-state index in [4.69, 9.17) is 10.6 Å². The SMILES string of the molecule is COC1(CNC(=O)c2nc(C(C)C)ncc2NN)CCC1. The quantitative estimate of drug-likeness (QED) is 0.538. The van der Waals surface area contributed by atoms with Crippen LogP contribution in [0.4, 0.5) is 5.69 Å². The van der Waals surface area contributed by atoms with Crippen LogP contribution in [0.2, 0.25) is 0 Å². The number of hydrogen-bond acceptors (Lipinski definition) is 6. The molecule has 0 aromatic carbocycles. The molecule has 4 N–H and O–H groups in total. The van der Waals surface area contributed by atoms with E-state index in [1.807, 2.05) is 13.8 Å². The molecule has 116 valence electrons. The third-order valence-electron chi connectivity index (χ3n) is 3.96. The Bertz CT molecular complexity index is 509. The number of aromatic nitrogens is 2. The monoisotopic (exact) mass is 293 g/mol. The van der Waals surface area contributed by atoms with E-state index in [0.29, 0.717) is 18.1 Å². The van der Waals surface area contributed by atoms with E-state index in [1.54, 1.807) is 7.11 Å². The number of hydrazine groups is 1. The number of ether oxygens (including phenoxy) is 1. The summed E-state index contributed by atoms with van der Waals surface area (Å²) in [7, 11) is 1.68. The van der Waals surface area contributed by atoms with E-state index < -0.39 is 0 Å². The summed E-state index contributed by atoms with van der Waals surface area (Å²) in [6.45, 7) is 4.43. The smallest absolute Gasteiger partial charge is 0.272 e. The van der Waals surface area contributed by atoms with Crippen LogP contribution in [0.5, 0.6) is 0 Å². The average Bonchev–Trinajstić information content (AvgIpc) is 2.45. The number of anilines is 1. The van der Waals surface area contributed by atoms with Gasteiger partial charge in [0.1, 0.15) is 5.82 Å². The minimum absolute atomic E-state index is 0.139. The zero-order valence-electron chi connectivity index (χ0n) is 12.8. The van der Waals surface area contributed by atoms with E-state index in [1.165, 1.54) is 6.20 Å². The van der Waals surface area contributed by atoms with Gasteiger partial charge in [0.15, 0.2) is 5.69 Å². The van der Waals surface area contributed by atoms with Crippen LogP contribution >= 0.6 is 0 Å². The second-order valence-corrected chi connectivity index (χ2v) is 5.71. The molecule has 1 aliphatic rings. The highest BCUT2D eigenvalue weighted by Crippen LogP contribution is 2.34. The molecule has 1 fully saturated rings. The highest BCUT2D eigenvalue weighted by molar-refractivity contribution is 5.97. The van der Waals surface area contributed by atoms with Gasteiger partial charge in [0.25, 0.3) is 5.91 Å². The first-order chi connectivity index (χ1) is 10.0. The van der Waals surface area contributed by atoms with Crippen LogP contribution in [0, 0.1) is 0 Å². The molecule has 7 heteroatoms. The van der Waals surface area contributed by atoms with Crippen molar-refractivity contribution in [1.29, 1.82) is 0 Å². The first-order valence-electron chi connectivity index (χ1n) is 7.18. The van der Waals surface area contributed by atoms with Gasteiger partial charge in [-0.2, -0.15) is 0 Å². The molecule has 1 saturated carbocycles. The lowest BCUT2D eigenvalue weighted by Gasteiger charge is -2.40. The van der Waals surface area contributed by atoms with Crippen LogP contribution in [0.1, 0.15) is 55.3 Å². The van der Waals surface area contributed by atoms with Crippen molar-refractivity contribution in [2.24, 2.45) is 5.84 Å². The number of nitrogens with zero attached hydrogens (tertiary/aromatic N) is 2. The molecule has 1 aliphatic carbocycles. The van der Waals surface area contributed by atoms with Gasteiger partial charge >= 0.3 is 0 Å². The molecule has 1 heterocycles. The molecule has 0 saturated heterocycles. The summed E-state index contributed by atoms with van der Waals surface area (Å²) in [5.41, 5.74) is 2.92. The fourth-order valence-electron chi connectivity index (χ4n) is 2.30. The number of methoxy groups -OCH3 is 1. The first kappa shape index (κ1) is 15.7. The van der Waals surface area contributed by atoms with Gasteiger partial charge in [-0.05, 0) is 19.3 Å². The number of nitrogen functional groups attached to an aromatic ring is 1. The van der Waals surface area contributed by atoms with Gasteiger partial charge in [-0.15, -0.1) is 0 Å². The number of nitrogens with two attached hydrogens (primary N) is 1. The van der Waals surface area contributed by atoms with Crippen LogP contribution in [-0.2, 0) is 4.74 Å².